The fraction of sp³-hybridized carbons (Fsp3) is 0.476. The summed E-state index contributed by atoms with van der Waals surface area (Å²) in [6, 6.07) is 2.31. The summed E-state index contributed by atoms with van der Waals surface area (Å²) in [5, 5.41) is 23.7. The number of hydrogen-bond donors (Lipinski definition) is 6. The number of amides is 1. The molecule has 0 saturated heterocycles. The predicted molar refractivity (Wildman–Crippen MR) is 124 cm³/mol. The van der Waals surface area contributed by atoms with E-state index < -0.39 is 23.9 Å². The standard InChI is InChI=1S/C21H28N6O5S/c1-2-10(3-4-11-9-24-18-16(11)17(22)26-21(23)27-18)13-6-7-14(33-13)19(30)25-12(20(31)32)5-8-15(28)29/h6-7,10-12H,2-5,8-9H2,1H3,(H,25,30)(H,28,29)(H,31,32)(H5,22,23,24,26,27)/t10?,11?,12-/m0/s1. The van der Waals surface area contributed by atoms with E-state index in [0.29, 0.717) is 23.1 Å². The number of carboxylic acids is 2. The molecule has 0 saturated carbocycles. The molecule has 3 atom stereocenters. The summed E-state index contributed by atoms with van der Waals surface area (Å²) in [4.78, 5) is 44.3. The SMILES string of the molecule is CCC(CCC1CNc2nc(N)nc(N)c21)c1ccc(C(=O)N[C@@H](CCC(=O)O)C(=O)O)s1. The lowest BCUT2D eigenvalue weighted by Crippen LogP contribution is -2.40. The minimum Gasteiger partial charge on any atom is -0.481 e. The molecule has 1 aliphatic heterocycles. The maximum atomic E-state index is 12.5. The van der Waals surface area contributed by atoms with Crippen molar-refractivity contribution in [2.45, 2.75) is 56.9 Å². The Morgan fingerprint density at radius 2 is 2.00 bits per heavy atom. The summed E-state index contributed by atoms with van der Waals surface area (Å²) in [6.07, 6.45) is 2.07. The predicted octanol–water partition coefficient (Wildman–Crippen LogP) is 2.23. The van der Waals surface area contributed by atoms with Crippen LogP contribution in [0.1, 0.15) is 71.0 Å². The van der Waals surface area contributed by atoms with E-state index in [1.54, 1.807) is 6.07 Å². The first-order chi connectivity index (χ1) is 15.7. The number of nitrogens with zero attached hydrogens (tertiary/aromatic N) is 2. The fourth-order valence-corrected chi connectivity index (χ4v) is 5.14. The molecule has 0 spiro atoms. The third kappa shape index (κ3) is 5.89. The lowest BCUT2D eigenvalue weighted by molar-refractivity contribution is -0.140. The fourth-order valence-electron chi connectivity index (χ4n) is 4.01. The molecule has 33 heavy (non-hydrogen) atoms. The second-order valence-electron chi connectivity index (χ2n) is 7.99. The van der Waals surface area contributed by atoms with E-state index >= 15 is 0 Å². The van der Waals surface area contributed by atoms with Crippen molar-refractivity contribution >= 4 is 46.8 Å². The van der Waals surface area contributed by atoms with Gasteiger partial charge in [-0.2, -0.15) is 9.97 Å². The topological polar surface area (TPSA) is 194 Å². The second kappa shape index (κ2) is 10.5. The van der Waals surface area contributed by atoms with Gasteiger partial charge in [0.1, 0.15) is 17.7 Å². The Hall–Kier alpha value is -3.41. The van der Waals surface area contributed by atoms with Crippen LogP contribution in [0.5, 0.6) is 0 Å². The van der Waals surface area contributed by atoms with Gasteiger partial charge in [-0.15, -0.1) is 11.3 Å². The molecular formula is C21H28N6O5S. The number of anilines is 3. The highest BCUT2D eigenvalue weighted by atomic mass is 32.1. The molecule has 0 radical (unpaired) electrons. The van der Waals surface area contributed by atoms with Gasteiger partial charge >= 0.3 is 11.9 Å². The molecule has 0 aromatic carbocycles. The van der Waals surface area contributed by atoms with Crippen molar-refractivity contribution in [3.8, 4) is 0 Å². The first-order valence-corrected chi connectivity index (χ1v) is 11.5. The lowest BCUT2D eigenvalue weighted by Gasteiger charge is -2.17. The average Bonchev–Trinajstić information content (AvgIpc) is 3.39. The van der Waals surface area contributed by atoms with Crippen molar-refractivity contribution in [1.29, 1.82) is 0 Å². The van der Waals surface area contributed by atoms with E-state index in [1.165, 1.54) is 11.3 Å². The molecule has 178 valence electrons. The molecule has 2 aromatic rings. The van der Waals surface area contributed by atoms with Crippen molar-refractivity contribution < 1.29 is 24.6 Å². The number of aliphatic carboxylic acids is 2. The second-order valence-corrected chi connectivity index (χ2v) is 9.10. The van der Waals surface area contributed by atoms with Crippen LogP contribution in [0.3, 0.4) is 0 Å². The zero-order chi connectivity index (χ0) is 24.1. The molecule has 2 aromatic heterocycles. The van der Waals surface area contributed by atoms with E-state index in [-0.39, 0.29) is 30.6 Å². The number of fused-ring (bicyclic) bond motifs is 1. The van der Waals surface area contributed by atoms with Crippen LogP contribution in [0.4, 0.5) is 17.6 Å². The van der Waals surface area contributed by atoms with Crippen LogP contribution in [0.2, 0.25) is 0 Å². The highest BCUT2D eigenvalue weighted by Gasteiger charge is 2.28. The Bertz CT molecular complexity index is 1040. The number of nitrogens with one attached hydrogen (secondary N) is 2. The number of hydrogen-bond acceptors (Lipinski definition) is 9. The van der Waals surface area contributed by atoms with Gasteiger partial charge < -0.3 is 32.3 Å². The van der Waals surface area contributed by atoms with Crippen LogP contribution in [0.25, 0.3) is 0 Å². The van der Waals surface area contributed by atoms with Crippen LogP contribution in [-0.2, 0) is 9.59 Å². The average molecular weight is 477 g/mol. The molecule has 1 amide bonds. The number of carbonyl (C=O) groups excluding carboxylic acids is 1. The Labute approximate surface area is 194 Å². The molecule has 0 aliphatic carbocycles. The van der Waals surface area contributed by atoms with E-state index in [2.05, 4.69) is 27.5 Å². The summed E-state index contributed by atoms with van der Waals surface area (Å²) in [5.74, 6) is -1.28. The maximum absolute atomic E-state index is 12.5. The Morgan fingerprint density at radius 1 is 1.24 bits per heavy atom. The molecule has 3 heterocycles. The monoisotopic (exact) mass is 476 g/mol. The van der Waals surface area contributed by atoms with Crippen molar-refractivity contribution in [2.24, 2.45) is 0 Å². The van der Waals surface area contributed by atoms with Crippen LogP contribution < -0.4 is 22.1 Å². The number of nitrogen functional groups attached to an aromatic ring is 2. The van der Waals surface area contributed by atoms with Gasteiger partial charge in [0.2, 0.25) is 5.95 Å². The summed E-state index contributed by atoms with van der Waals surface area (Å²) in [7, 11) is 0. The third-order valence-corrected chi connectivity index (χ3v) is 7.02. The molecule has 0 bridgehead atoms. The van der Waals surface area contributed by atoms with E-state index in [0.717, 1.165) is 29.7 Å². The van der Waals surface area contributed by atoms with Crippen LogP contribution in [-0.4, -0.2) is 50.6 Å². The van der Waals surface area contributed by atoms with Crippen LogP contribution >= 0.6 is 11.3 Å². The number of aromatic nitrogens is 2. The minimum atomic E-state index is -1.26. The number of carboxylic acid groups (broad SMARTS) is 2. The molecule has 0 fully saturated rings. The van der Waals surface area contributed by atoms with Gasteiger partial charge in [-0.05, 0) is 43.7 Å². The molecule has 12 heteroatoms. The van der Waals surface area contributed by atoms with E-state index in [4.69, 9.17) is 16.6 Å². The summed E-state index contributed by atoms with van der Waals surface area (Å²) in [6.45, 7) is 2.79. The Morgan fingerprint density at radius 3 is 2.67 bits per heavy atom. The van der Waals surface area contributed by atoms with E-state index in [9.17, 15) is 19.5 Å². The third-order valence-electron chi connectivity index (χ3n) is 5.78. The van der Waals surface area contributed by atoms with Gasteiger partial charge in [0.05, 0.1) is 4.88 Å². The number of nitrogens with two attached hydrogens (primary N) is 2. The number of carbonyl (C=O) groups is 3. The van der Waals surface area contributed by atoms with Crippen molar-refractivity contribution in [1.82, 2.24) is 15.3 Å². The normalized spacial score (nSPS) is 16.5. The Kier molecular flexibility index (Phi) is 7.69. The van der Waals surface area contributed by atoms with Crippen LogP contribution in [0, 0.1) is 0 Å². The summed E-state index contributed by atoms with van der Waals surface area (Å²) < 4.78 is 0. The molecule has 8 N–H and O–H groups in total. The summed E-state index contributed by atoms with van der Waals surface area (Å²) >= 11 is 1.32. The first kappa shape index (κ1) is 24.2. The van der Waals surface area contributed by atoms with Crippen molar-refractivity contribution in [2.75, 3.05) is 23.3 Å². The van der Waals surface area contributed by atoms with Gasteiger partial charge in [-0.3, -0.25) is 9.59 Å². The van der Waals surface area contributed by atoms with Gasteiger partial charge in [0, 0.05) is 29.3 Å². The molecule has 1 aliphatic rings. The van der Waals surface area contributed by atoms with Crippen molar-refractivity contribution in [3.63, 3.8) is 0 Å². The zero-order valence-electron chi connectivity index (χ0n) is 18.2. The molecule has 3 rings (SSSR count). The molecule has 11 nitrogen and oxygen atoms in total. The minimum absolute atomic E-state index is 0.142. The largest absolute Gasteiger partial charge is 0.481 e. The van der Waals surface area contributed by atoms with Gasteiger partial charge in [-0.1, -0.05) is 6.92 Å². The maximum Gasteiger partial charge on any atom is 0.326 e. The van der Waals surface area contributed by atoms with Crippen molar-refractivity contribution in [3.05, 3.63) is 27.5 Å². The number of rotatable bonds is 11. The zero-order valence-corrected chi connectivity index (χ0v) is 19.0. The smallest absolute Gasteiger partial charge is 0.326 e. The Balaban J connectivity index is 1.62. The number of thiophene rings is 1. The van der Waals surface area contributed by atoms with Gasteiger partial charge in [0.15, 0.2) is 0 Å². The summed E-state index contributed by atoms with van der Waals surface area (Å²) in [5.41, 5.74) is 12.6. The van der Waals surface area contributed by atoms with E-state index in [1.807, 2.05) is 6.07 Å². The highest BCUT2D eigenvalue weighted by molar-refractivity contribution is 7.14. The molecule has 2 unspecified atom stereocenters. The molecular weight excluding hydrogens is 448 g/mol. The van der Waals surface area contributed by atoms with Crippen LogP contribution in [0.15, 0.2) is 12.1 Å². The quantitative estimate of drug-likeness (QED) is 0.280. The highest BCUT2D eigenvalue weighted by Crippen LogP contribution is 2.40. The van der Waals surface area contributed by atoms with Gasteiger partial charge in [-0.25, -0.2) is 4.79 Å². The lowest BCUT2D eigenvalue weighted by atomic mass is 9.90. The first-order valence-electron chi connectivity index (χ1n) is 10.7. The van der Waals surface area contributed by atoms with Gasteiger partial charge in [0.25, 0.3) is 5.91 Å².